The molecule has 0 aliphatic carbocycles. The van der Waals surface area contributed by atoms with E-state index in [1.54, 1.807) is 12.1 Å². The van der Waals surface area contributed by atoms with Gasteiger partial charge >= 0.3 is 0 Å². The van der Waals surface area contributed by atoms with E-state index in [1.807, 2.05) is 37.3 Å². The number of rotatable bonds is 7. The second-order valence-corrected chi connectivity index (χ2v) is 6.95. The molecule has 3 N–H and O–H groups in total. The van der Waals surface area contributed by atoms with Crippen molar-refractivity contribution in [3.05, 3.63) is 53.6 Å². The maximum atomic E-state index is 9.99. The molecule has 0 amide bonds. The number of aliphatic hydroxyl groups is 2. The Hall–Kier alpha value is -2.30. The number of furan rings is 1. The highest BCUT2D eigenvalue weighted by molar-refractivity contribution is 5.92. The summed E-state index contributed by atoms with van der Waals surface area (Å²) in [5.74, 6) is 0.915. The fourth-order valence-corrected chi connectivity index (χ4v) is 3.46. The van der Waals surface area contributed by atoms with Crippen LogP contribution < -0.4 is 0 Å². The first-order valence-electron chi connectivity index (χ1n) is 10.2. The molecule has 152 valence electrons. The zero-order chi connectivity index (χ0) is 20.5. The standard InChI is InChI=1S/C17H16O3.C7H16O/c1-2-12-14(19)8-9-15-16(12)13(10-18)17(20-15)11-6-4-3-5-7-11;1-3-5-7(8)6-4-2/h3-9,18-19H,2,10H2,1H3;7-8H,3-6H2,1-2H3. The van der Waals surface area contributed by atoms with E-state index in [9.17, 15) is 10.2 Å². The molecule has 0 unspecified atom stereocenters. The zero-order valence-corrected chi connectivity index (χ0v) is 17.1. The Bertz CT molecular complexity index is 846. The van der Waals surface area contributed by atoms with Crippen molar-refractivity contribution in [1.82, 2.24) is 0 Å². The molecule has 0 saturated heterocycles. The maximum Gasteiger partial charge on any atom is 0.140 e. The van der Waals surface area contributed by atoms with Gasteiger partial charge in [-0.25, -0.2) is 0 Å². The molecule has 28 heavy (non-hydrogen) atoms. The van der Waals surface area contributed by atoms with E-state index >= 15 is 0 Å². The van der Waals surface area contributed by atoms with Crippen LogP contribution >= 0.6 is 0 Å². The molecule has 0 saturated carbocycles. The van der Waals surface area contributed by atoms with Gasteiger partial charge in [0.25, 0.3) is 0 Å². The number of fused-ring (bicyclic) bond motifs is 1. The molecule has 0 aliphatic rings. The maximum absolute atomic E-state index is 9.99. The van der Waals surface area contributed by atoms with Gasteiger partial charge in [-0.2, -0.15) is 0 Å². The largest absolute Gasteiger partial charge is 0.508 e. The number of aliphatic hydroxyl groups excluding tert-OH is 2. The molecule has 0 atom stereocenters. The van der Waals surface area contributed by atoms with Crippen molar-refractivity contribution in [3.8, 4) is 17.1 Å². The third-order valence-electron chi connectivity index (χ3n) is 4.83. The lowest BCUT2D eigenvalue weighted by Crippen LogP contribution is -2.03. The van der Waals surface area contributed by atoms with Crippen molar-refractivity contribution in [2.24, 2.45) is 0 Å². The average Bonchev–Trinajstić information content (AvgIpc) is 3.08. The zero-order valence-electron chi connectivity index (χ0n) is 17.1. The SMILES string of the molecule is CCCC(O)CCC.CCc1c(O)ccc2oc(-c3ccccc3)c(CO)c12. The Labute approximate surface area is 167 Å². The summed E-state index contributed by atoms with van der Waals surface area (Å²) in [7, 11) is 0. The van der Waals surface area contributed by atoms with Crippen LogP contribution in [-0.2, 0) is 13.0 Å². The number of hydrogen-bond acceptors (Lipinski definition) is 4. The van der Waals surface area contributed by atoms with Crippen LogP contribution in [-0.4, -0.2) is 21.4 Å². The smallest absolute Gasteiger partial charge is 0.140 e. The Morgan fingerprint density at radius 2 is 1.54 bits per heavy atom. The van der Waals surface area contributed by atoms with Gasteiger partial charge in [0.2, 0.25) is 0 Å². The van der Waals surface area contributed by atoms with Crippen molar-refractivity contribution >= 4 is 11.0 Å². The Kier molecular flexibility index (Phi) is 8.55. The van der Waals surface area contributed by atoms with E-state index in [0.29, 0.717) is 17.8 Å². The number of hydrogen-bond donors (Lipinski definition) is 3. The van der Waals surface area contributed by atoms with Crippen LogP contribution in [0.5, 0.6) is 5.75 Å². The third kappa shape index (κ3) is 5.15. The molecule has 4 nitrogen and oxygen atoms in total. The summed E-state index contributed by atoms with van der Waals surface area (Å²) in [5.41, 5.74) is 3.17. The van der Waals surface area contributed by atoms with Gasteiger partial charge in [0.1, 0.15) is 17.1 Å². The molecular weight excluding hydrogens is 352 g/mol. The summed E-state index contributed by atoms with van der Waals surface area (Å²) < 4.78 is 5.90. The fourth-order valence-electron chi connectivity index (χ4n) is 3.46. The number of phenols is 1. The van der Waals surface area contributed by atoms with Gasteiger partial charge < -0.3 is 19.7 Å². The first kappa shape index (κ1) is 22.0. The van der Waals surface area contributed by atoms with Crippen LogP contribution in [0.15, 0.2) is 46.9 Å². The predicted molar refractivity (Wildman–Crippen MR) is 114 cm³/mol. The minimum atomic E-state index is -0.117. The van der Waals surface area contributed by atoms with E-state index in [0.717, 1.165) is 47.8 Å². The van der Waals surface area contributed by atoms with Crippen LogP contribution in [0.25, 0.3) is 22.3 Å². The van der Waals surface area contributed by atoms with Gasteiger partial charge in [-0.3, -0.25) is 0 Å². The van der Waals surface area contributed by atoms with Crippen LogP contribution in [0.4, 0.5) is 0 Å². The number of aromatic hydroxyl groups is 1. The molecule has 1 heterocycles. The van der Waals surface area contributed by atoms with Gasteiger partial charge in [-0.15, -0.1) is 0 Å². The molecule has 4 heteroatoms. The van der Waals surface area contributed by atoms with Gasteiger partial charge in [0, 0.05) is 22.1 Å². The molecule has 3 rings (SSSR count). The van der Waals surface area contributed by atoms with E-state index in [4.69, 9.17) is 9.52 Å². The minimum absolute atomic E-state index is 0.0370. The van der Waals surface area contributed by atoms with Gasteiger partial charge in [0.05, 0.1) is 12.7 Å². The van der Waals surface area contributed by atoms with E-state index in [-0.39, 0.29) is 18.5 Å². The molecule has 0 fully saturated rings. The van der Waals surface area contributed by atoms with Crippen molar-refractivity contribution in [1.29, 1.82) is 0 Å². The Balaban J connectivity index is 0.000000300. The Morgan fingerprint density at radius 1 is 0.893 bits per heavy atom. The van der Waals surface area contributed by atoms with Crippen molar-refractivity contribution in [3.63, 3.8) is 0 Å². The second-order valence-electron chi connectivity index (χ2n) is 6.95. The Morgan fingerprint density at radius 3 is 2.07 bits per heavy atom. The quantitative estimate of drug-likeness (QED) is 0.481. The first-order chi connectivity index (χ1) is 13.6. The lowest BCUT2D eigenvalue weighted by atomic mass is 10.00. The topological polar surface area (TPSA) is 73.8 Å². The molecule has 0 aliphatic heterocycles. The summed E-state index contributed by atoms with van der Waals surface area (Å²) in [4.78, 5) is 0. The summed E-state index contributed by atoms with van der Waals surface area (Å²) in [6.45, 7) is 6.05. The molecule has 0 radical (unpaired) electrons. The molecule has 0 bridgehead atoms. The van der Waals surface area contributed by atoms with Crippen LogP contribution in [0.2, 0.25) is 0 Å². The highest BCUT2D eigenvalue weighted by Crippen LogP contribution is 2.38. The van der Waals surface area contributed by atoms with E-state index in [1.165, 1.54) is 0 Å². The third-order valence-corrected chi connectivity index (χ3v) is 4.83. The van der Waals surface area contributed by atoms with Gasteiger partial charge in [0.15, 0.2) is 0 Å². The fraction of sp³-hybridized carbons (Fsp3) is 0.417. The first-order valence-corrected chi connectivity index (χ1v) is 10.2. The minimum Gasteiger partial charge on any atom is -0.508 e. The van der Waals surface area contributed by atoms with E-state index < -0.39 is 0 Å². The van der Waals surface area contributed by atoms with Crippen molar-refractivity contribution < 1.29 is 19.7 Å². The highest BCUT2D eigenvalue weighted by Gasteiger charge is 2.19. The molecule has 2 aromatic carbocycles. The van der Waals surface area contributed by atoms with Crippen molar-refractivity contribution in [2.45, 2.75) is 65.6 Å². The highest BCUT2D eigenvalue weighted by atomic mass is 16.3. The van der Waals surface area contributed by atoms with Gasteiger partial charge in [-0.05, 0) is 31.4 Å². The number of aryl methyl sites for hydroxylation is 1. The molecule has 1 aromatic heterocycles. The normalized spacial score (nSPS) is 10.9. The lowest BCUT2D eigenvalue weighted by Gasteiger charge is -2.04. The van der Waals surface area contributed by atoms with Crippen LogP contribution in [0.3, 0.4) is 0 Å². The monoisotopic (exact) mass is 384 g/mol. The number of phenolic OH excluding ortho intramolecular Hbond substituents is 1. The molecule has 3 aromatic rings. The number of benzene rings is 2. The molecule has 0 spiro atoms. The van der Waals surface area contributed by atoms with E-state index in [2.05, 4.69) is 13.8 Å². The lowest BCUT2D eigenvalue weighted by molar-refractivity contribution is 0.153. The second kappa shape index (κ2) is 10.9. The van der Waals surface area contributed by atoms with Gasteiger partial charge in [-0.1, -0.05) is 63.9 Å². The average molecular weight is 385 g/mol. The summed E-state index contributed by atoms with van der Waals surface area (Å²) in [5, 5.41) is 29.6. The summed E-state index contributed by atoms with van der Waals surface area (Å²) >= 11 is 0. The van der Waals surface area contributed by atoms with Crippen LogP contribution in [0, 0.1) is 0 Å². The van der Waals surface area contributed by atoms with Crippen molar-refractivity contribution in [2.75, 3.05) is 0 Å². The van der Waals surface area contributed by atoms with Crippen LogP contribution in [0.1, 0.15) is 57.6 Å². The summed E-state index contributed by atoms with van der Waals surface area (Å²) in [6, 6.07) is 13.1. The predicted octanol–water partition coefficient (Wildman–Crippen LogP) is 5.81. The molecular formula is C24H32O4. The summed E-state index contributed by atoms with van der Waals surface area (Å²) in [6.07, 6.45) is 4.78.